The van der Waals surface area contributed by atoms with Crippen LogP contribution in [0.1, 0.15) is 41.9 Å². The van der Waals surface area contributed by atoms with Gasteiger partial charge in [0.25, 0.3) is 5.91 Å². The van der Waals surface area contributed by atoms with Crippen LogP contribution in [0.25, 0.3) is 0 Å². The minimum absolute atomic E-state index is 0.108. The van der Waals surface area contributed by atoms with E-state index in [9.17, 15) is 18.4 Å². The van der Waals surface area contributed by atoms with E-state index in [2.05, 4.69) is 10.3 Å². The summed E-state index contributed by atoms with van der Waals surface area (Å²) in [5.41, 5.74) is -0.328. The van der Waals surface area contributed by atoms with Crippen LogP contribution in [0.15, 0.2) is 29.8 Å². The van der Waals surface area contributed by atoms with Crippen LogP contribution in [0.4, 0.5) is 14.5 Å². The van der Waals surface area contributed by atoms with Gasteiger partial charge in [0.15, 0.2) is 5.01 Å². The lowest BCUT2D eigenvalue weighted by Crippen LogP contribution is -2.46. The zero-order valence-electron chi connectivity index (χ0n) is 14.6. The summed E-state index contributed by atoms with van der Waals surface area (Å²) in [4.78, 5) is 30.9. The number of nitrogens with zero attached hydrogens (tertiary/aromatic N) is 2. The Bertz CT molecular complexity index is 854. The van der Waals surface area contributed by atoms with Crippen molar-refractivity contribution in [2.45, 2.75) is 38.1 Å². The molecule has 0 radical (unpaired) electrons. The summed E-state index contributed by atoms with van der Waals surface area (Å²) in [5, 5.41) is 5.13. The van der Waals surface area contributed by atoms with Gasteiger partial charge in [-0.2, -0.15) is 0 Å². The summed E-state index contributed by atoms with van der Waals surface area (Å²) < 4.78 is 27.1. The highest BCUT2D eigenvalue weighted by Crippen LogP contribution is 2.46. The first-order valence-corrected chi connectivity index (χ1v) is 9.83. The molecule has 2 atom stereocenters. The maximum absolute atomic E-state index is 13.6. The van der Waals surface area contributed by atoms with Gasteiger partial charge in [0, 0.05) is 35.9 Å². The normalized spacial score (nSPS) is 25.2. The molecule has 2 heterocycles. The van der Waals surface area contributed by atoms with Crippen molar-refractivity contribution in [3.8, 4) is 0 Å². The Morgan fingerprint density at radius 3 is 2.74 bits per heavy atom. The summed E-state index contributed by atoms with van der Waals surface area (Å²) >= 11 is 1.27. The van der Waals surface area contributed by atoms with Crippen molar-refractivity contribution < 1.29 is 18.4 Å². The first-order chi connectivity index (χ1) is 13.0. The number of amides is 2. The van der Waals surface area contributed by atoms with Crippen molar-refractivity contribution in [3.05, 3.63) is 46.4 Å². The number of aromatic nitrogens is 1. The highest BCUT2D eigenvalue weighted by atomic mass is 32.1. The standard InChI is InChI=1S/C19H19F2N3O2S/c20-12-8-13(21)10-15(9-12)24-6-4-19(18(24)26)3-1-2-14(11-19)23-16(25)17-22-5-7-27-17/h5,7-10,14H,1-4,6,11H2,(H,23,25)/t14-,19?/m0/s1. The topological polar surface area (TPSA) is 62.3 Å². The van der Waals surface area contributed by atoms with Gasteiger partial charge in [-0.1, -0.05) is 6.42 Å². The SMILES string of the molecule is O=C(N[C@H]1CCCC2(CCN(c3cc(F)cc(F)c3)C2=O)C1)c1nccs1. The van der Waals surface area contributed by atoms with Crippen molar-refractivity contribution in [2.24, 2.45) is 5.41 Å². The van der Waals surface area contributed by atoms with Crippen LogP contribution in [0, 0.1) is 17.0 Å². The van der Waals surface area contributed by atoms with E-state index in [1.807, 2.05) is 0 Å². The number of hydrogen-bond acceptors (Lipinski definition) is 4. The lowest BCUT2D eigenvalue weighted by molar-refractivity contribution is -0.127. The highest BCUT2D eigenvalue weighted by Gasteiger charge is 2.49. The average molecular weight is 391 g/mol. The minimum atomic E-state index is -0.698. The predicted octanol–water partition coefficient (Wildman–Crippen LogP) is 3.52. The number of rotatable bonds is 3. The van der Waals surface area contributed by atoms with Gasteiger partial charge in [0.05, 0.1) is 5.41 Å². The molecule has 2 aromatic rings. The first-order valence-electron chi connectivity index (χ1n) is 8.95. The quantitative estimate of drug-likeness (QED) is 0.871. The van der Waals surface area contributed by atoms with Crippen molar-refractivity contribution in [1.82, 2.24) is 10.3 Å². The summed E-state index contributed by atoms with van der Waals surface area (Å²) in [6.45, 7) is 0.425. The lowest BCUT2D eigenvalue weighted by Gasteiger charge is -2.36. The molecule has 2 fully saturated rings. The number of anilines is 1. The van der Waals surface area contributed by atoms with Crippen molar-refractivity contribution in [2.75, 3.05) is 11.4 Å². The monoisotopic (exact) mass is 391 g/mol. The van der Waals surface area contributed by atoms with E-state index < -0.39 is 17.0 Å². The van der Waals surface area contributed by atoms with E-state index in [-0.39, 0.29) is 23.5 Å². The van der Waals surface area contributed by atoms with Gasteiger partial charge in [-0.3, -0.25) is 9.59 Å². The highest BCUT2D eigenvalue weighted by molar-refractivity contribution is 7.11. The molecule has 1 saturated heterocycles. The average Bonchev–Trinajstić information content (AvgIpc) is 3.25. The van der Waals surface area contributed by atoms with Crippen LogP contribution < -0.4 is 10.2 Å². The van der Waals surface area contributed by atoms with Crippen molar-refractivity contribution >= 4 is 28.8 Å². The van der Waals surface area contributed by atoms with Gasteiger partial charge in [-0.15, -0.1) is 11.3 Å². The van der Waals surface area contributed by atoms with Crippen LogP contribution in [-0.2, 0) is 4.79 Å². The maximum atomic E-state index is 13.6. The molecule has 0 bridgehead atoms. The molecular formula is C19H19F2N3O2S. The van der Waals surface area contributed by atoms with E-state index >= 15 is 0 Å². The number of nitrogens with one attached hydrogen (secondary N) is 1. The molecule has 142 valence electrons. The molecule has 1 aliphatic carbocycles. The number of hydrogen-bond donors (Lipinski definition) is 1. The number of carbonyl (C=O) groups is 2. The molecule has 1 aromatic heterocycles. The van der Waals surface area contributed by atoms with Crippen LogP contribution in [0.2, 0.25) is 0 Å². The Morgan fingerprint density at radius 2 is 2.04 bits per heavy atom. The Morgan fingerprint density at radius 1 is 1.26 bits per heavy atom. The second kappa shape index (κ2) is 6.99. The lowest BCUT2D eigenvalue weighted by atomic mass is 9.71. The van der Waals surface area contributed by atoms with Crippen LogP contribution in [-0.4, -0.2) is 29.4 Å². The van der Waals surface area contributed by atoms with Crippen LogP contribution >= 0.6 is 11.3 Å². The summed E-state index contributed by atoms with van der Waals surface area (Å²) in [6.07, 6.45) is 5.09. The molecule has 4 rings (SSSR count). The van der Waals surface area contributed by atoms with Crippen molar-refractivity contribution in [3.63, 3.8) is 0 Å². The van der Waals surface area contributed by atoms with Gasteiger partial charge in [0.1, 0.15) is 11.6 Å². The summed E-state index contributed by atoms with van der Waals surface area (Å²) in [5.74, 6) is -1.73. The third-order valence-electron chi connectivity index (χ3n) is 5.48. The molecule has 5 nitrogen and oxygen atoms in total. The molecule has 2 amide bonds. The molecule has 1 aliphatic heterocycles. The Balaban J connectivity index is 1.49. The van der Waals surface area contributed by atoms with E-state index in [0.717, 1.165) is 25.3 Å². The fourth-order valence-electron chi connectivity index (χ4n) is 4.25. The second-order valence-electron chi connectivity index (χ2n) is 7.22. The maximum Gasteiger partial charge on any atom is 0.280 e. The van der Waals surface area contributed by atoms with Crippen LogP contribution in [0.3, 0.4) is 0 Å². The van der Waals surface area contributed by atoms with Gasteiger partial charge >= 0.3 is 0 Å². The third kappa shape index (κ3) is 3.45. The number of halogens is 2. The molecule has 2 aliphatic rings. The molecule has 1 aromatic carbocycles. The van der Waals surface area contributed by atoms with Crippen molar-refractivity contribution in [1.29, 1.82) is 0 Å². The van der Waals surface area contributed by atoms with E-state index in [1.165, 1.54) is 28.4 Å². The first kappa shape index (κ1) is 18.0. The van der Waals surface area contributed by atoms with E-state index in [0.29, 0.717) is 24.4 Å². The zero-order chi connectivity index (χ0) is 19.0. The Hall–Kier alpha value is -2.35. The minimum Gasteiger partial charge on any atom is -0.347 e. The number of carbonyl (C=O) groups excluding carboxylic acids is 2. The number of thiazole rings is 1. The predicted molar refractivity (Wildman–Crippen MR) is 97.6 cm³/mol. The van der Waals surface area contributed by atoms with Gasteiger partial charge in [0.2, 0.25) is 5.91 Å². The molecule has 1 spiro atoms. The van der Waals surface area contributed by atoms with Gasteiger partial charge in [-0.25, -0.2) is 13.8 Å². The summed E-state index contributed by atoms with van der Waals surface area (Å²) in [7, 11) is 0. The third-order valence-corrected chi connectivity index (χ3v) is 6.25. The van der Waals surface area contributed by atoms with Gasteiger partial charge in [-0.05, 0) is 37.8 Å². The molecule has 27 heavy (non-hydrogen) atoms. The molecule has 8 heteroatoms. The second-order valence-corrected chi connectivity index (χ2v) is 8.11. The zero-order valence-corrected chi connectivity index (χ0v) is 15.4. The fourth-order valence-corrected chi connectivity index (χ4v) is 4.79. The molecule has 1 saturated carbocycles. The molecule has 1 unspecified atom stereocenters. The van der Waals surface area contributed by atoms with E-state index in [1.54, 1.807) is 11.6 Å². The largest absolute Gasteiger partial charge is 0.347 e. The smallest absolute Gasteiger partial charge is 0.280 e. The van der Waals surface area contributed by atoms with E-state index in [4.69, 9.17) is 0 Å². The summed E-state index contributed by atoms with van der Waals surface area (Å²) in [6, 6.07) is 3.06. The van der Waals surface area contributed by atoms with Crippen LogP contribution in [0.5, 0.6) is 0 Å². The molecule has 1 N–H and O–H groups in total. The van der Waals surface area contributed by atoms with Gasteiger partial charge < -0.3 is 10.2 Å². The Kier molecular flexibility index (Phi) is 4.67. The molecular weight excluding hydrogens is 372 g/mol. The Labute approximate surface area is 159 Å². The number of benzene rings is 1. The fraction of sp³-hybridized carbons (Fsp3) is 0.421.